The van der Waals surface area contributed by atoms with Crippen LogP contribution in [0.4, 0.5) is 0 Å². The van der Waals surface area contributed by atoms with Gasteiger partial charge in [-0.1, -0.05) is 43.5 Å². The summed E-state index contributed by atoms with van der Waals surface area (Å²) in [6.07, 6.45) is 13.3. The third kappa shape index (κ3) is 2.76. The second-order valence-corrected chi connectivity index (χ2v) is 2.62. The van der Waals surface area contributed by atoms with Crippen LogP contribution in [-0.4, -0.2) is 6.04 Å². The van der Waals surface area contributed by atoms with Crippen molar-refractivity contribution >= 4 is 0 Å². The Kier molecular flexibility index (Phi) is 3.79. The molecule has 0 spiro atoms. The quantitative estimate of drug-likeness (QED) is 0.635. The minimum absolute atomic E-state index is 0.217. The lowest BCUT2D eigenvalue weighted by atomic mass is 10.1. The molecule has 0 fully saturated rings. The molecule has 0 saturated heterocycles. The van der Waals surface area contributed by atoms with Crippen molar-refractivity contribution in [1.29, 1.82) is 0 Å². The van der Waals surface area contributed by atoms with Gasteiger partial charge in [0.25, 0.3) is 0 Å². The van der Waals surface area contributed by atoms with Crippen LogP contribution in [0.25, 0.3) is 0 Å². The van der Waals surface area contributed by atoms with Crippen LogP contribution in [0.5, 0.6) is 0 Å². The summed E-state index contributed by atoms with van der Waals surface area (Å²) in [5.41, 5.74) is 7.16. The smallest absolute Gasteiger partial charge is 0.0707 e. The van der Waals surface area contributed by atoms with Gasteiger partial charge in [0, 0.05) is 6.20 Å². The van der Waals surface area contributed by atoms with Crippen LogP contribution in [0, 0.1) is 0 Å². The molecule has 0 aromatic heterocycles. The molecule has 0 aromatic carbocycles. The molecule has 1 aliphatic rings. The van der Waals surface area contributed by atoms with Gasteiger partial charge in [-0.3, -0.25) is 0 Å². The van der Waals surface area contributed by atoms with E-state index >= 15 is 0 Å². The fourth-order valence-electron chi connectivity index (χ4n) is 1.10. The molecule has 1 rings (SSSR count). The number of hydrogen-bond donors (Lipinski definition) is 2. The molecular weight excluding hydrogens is 160 g/mol. The molecule has 1 unspecified atom stereocenters. The Hall–Kier alpha value is -1.54. The first-order valence-corrected chi connectivity index (χ1v) is 4.18. The van der Waals surface area contributed by atoms with Crippen LogP contribution in [0.3, 0.4) is 0 Å². The minimum Gasteiger partial charge on any atom is -0.328 e. The zero-order chi connectivity index (χ0) is 9.52. The van der Waals surface area contributed by atoms with E-state index in [0.29, 0.717) is 0 Å². The average Bonchev–Trinajstić information content (AvgIpc) is 2.65. The first kappa shape index (κ1) is 9.55. The van der Waals surface area contributed by atoms with Gasteiger partial charge in [-0.2, -0.15) is 0 Å². The maximum absolute atomic E-state index is 3.67. The van der Waals surface area contributed by atoms with Gasteiger partial charge in [-0.15, -0.1) is 0 Å². The maximum atomic E-state index is 3.67. The van der Waals surface area contributed by atoms with E-state index in [4.69, 9.17) is 0 Å². The highest BCUT2D eigenvalue weighted by Gasteiger charge is 2.09. The molecule has 1 heterocycles. The van der Waals surface area contributed by atoms with Gasteiger partial charge in [0.1, 0.15) is 0 Å². The van der Waals surface area contributed by atoms with Crippen molar-refractivity contribution in [3.63, 3.8) is 0 Å². The Labute approximate surface area is 79.0 Å². The molecule has 2 heteroatoms. The zero-order valence-electron chi connectivity index (χ0n) is 7.53. The zero-order valence-corrected chi connectivity index (χ0v) is 7.53. The Balaban J connectivity index is 2.72. The van der Waals surface area contributed by atoms with Crippen LogP contribution in [0.1, 0.15) is 0 Å². The van der Waals surface area contributed by atoms with Crippen molar-refractivity contribution in [2.24, 2.45) is 0 Å². The first-order valence-electron chi connectivity index (χ1n) is 4.18. The van der Waals surface area contributed by atoms with Crippen molar-refractivity contribution in [2.75, 3.05) is 0 Å². The van der Waals surface area contributed by atoms with Gasteiger partial charge in [-0.05, 0) is 11.6 Å². The highest BCUT2D eigenvalue weighted by atomic mass is 15.4. The second-order valence-electron chi connectivity index (χ2n) is 2.62. The minimum atomic E-state index is 0.217. The van der Waals surface area contributed by atoms with E-state index in [1.54, 1.807) is 12.2 Å². The molecular formula is C11H14N2. The van der Waals surface area contributed by atoms with Gasteiger partial charge in [-0.25, -0.2) is 5.43 Å². The van der Waals surface area contributed by atoms with Gasteiger partial charge < -0.3 is 5.43 Å². The fraction of sp³-hybridized carbons (Fsp3) is 0.0909. The molecule has 2 N–H and O–H groups in total. The molecule has 0 bridgehead atoms. The maximum Gasteiger partial charge on any atom is 0.0707 e. The second kappa shape index (κ2) is 5.17. The molecule has 13 heavy (non-hydrogen) atoms. The SMILES string of the molecule is C=C/C=C\C(=C/C=C)C1C=CNN1. The van der Waals surface area contributed by atoms with E-state index in [9.17, 15) is 0 Å². The summed E-state index contributed by atoms with van der Waals surface area (Å²) < 4.78 is 0. The van der Waals surface area contributed by atoms with Crippen molar-refractivity contribution < 1.29 is 0 Å². The van der Waals surface area contributed by atoms with E-state index in [2.05, 4.69) is 24.0 Å². The first-order chi connectivity index (χ1) is 6.38. The summed E-state index contributed by atoms with van der Waals surface area (Å²) in [5, 5.41) is 0. The van der Waals surface area contributed by atoms with E-state index < -0.39 is 0 Å². The number of allylic oxidation sites excluding steroid dienone is 4. The molecule has 0 saturated carbocycles. The predicted molar refractivity (Wildman–Crippen MR) is 56.8 cm³/mol. The lowest BCUT2D eigenvalue weighted by molar-refractivity contribution is 0.644. The third-order valence-corrected chi connectivity index (χ3v) is 1.71. The van der Waals surface area contributed by atoms with Gasteiger partial charge >= 0.3 is 0 Å². The van der Waals surface area contributed by atoms with Crippen LogP contribution in [0.15, 0.2) is 61.4 Å². The molecule has 2 nitrogen and oxygen atoms in total. The van der Waals surface area contributed by atoms with Crippen molar-refractivity contribution in [3.05, 3.63) is 61.4 Å². The van der Waals surface area contributed by atoms with Crippen LogP contribution in [-0.2, 0) is 0 Å². The van der Waals surface area contributed by atoms with Crippen LogP contribution in [0.2, 0.25) is 0 Å². The van der Waals surface area contributed by atoms with Crippen molar-refractivity contribution in [3.8, 4) is 0 Å². The molecule has 1 aliphatic heterocycles. The monoisotopic (exact) mass is 174 g/mol. The summed E-state index contributed by atoms with van der Waals surface area (Å²) in [5.74, 6) is 0. The normalized spacial score (nSPS) is 21.8. The van der Waals surface area contributed by atoms with E-state index in [-0.39, 0.29) is 6.04 Å². The highest BCUT2D eigenvalue weighted by molar-refractivity contribution is 5.34. The van der Waals surface area contributed by atoms with Gasteiger partial charge in [0.05, 0.1) is 6.04 Å². The van der Waals surface area contributed by atoms with E-state index in [0.717, 1.165) is 5.57 Å². The van der Waals surface area contributed by atoms with Crippen LogP contribution >= 0.6 is 0 Å². The predicted octanol–water partition coefficient (Wildman–Crippen LogP) is 1.83. The summed E-state index contributed by atoms with van der Waals surface area (Å²) in [6, 6.07) is 0.217. The molecule has 0 aromatic rings. The Morgan fingerprint density at radius 3 is 2.69 bits per heavy atom. The number of nitrogens with one attached hydrogen (secondary N) is 2. The fourth-order valence-corrected chi connectivity index (χ4v) is 1.10. The summed E-state index contributed by atoms with van der Waals surface area (Å²) in [6.45, 7) is 7.30. The molecule has 0 radical (unpaired) electrons. The van der Waals surface area contributed by atoms with E-state index in [1.807, 2.05) is 30.5 Å². The standard InChI is InChI=1S/C11H14N2/c1-3-5-7-10(6-4-2)11-8-9-12-13-11/h3-9,11-13H,1-2H2/b7-5-,10-6+. The van der Waals surface area contributed by atoms with Crippen LogP contribution < -0.4 is 10.9 Å². The Morgan fingerprint density at radius 2 is 2.15 bits per heavy atom. The van der Waals surface area contributed by atoms with Gasteiger partial charge in [0.15, 0.2) is 0 Å². The molecule has 1 atom stereocenters. The Morgan fingerprint density at radius 1 is 1.31 bits per heavy atom. The number of hydrogen-bond acceptors (Lipinski definition) is 2. The number of hydrazine groups is 1. The topological polar surface area (TPSA) is 24.1 Å². The van der Waals surface area contributed by atoms with Gasteiger partial charge in [0.2, 0.25) is 0 Å². The van der Waals surface area contributed by atoms with Crippen molar-refractivity contribution in [1.82, 2.24) is 10.9 Å². The highest BCUT2D eigenvalue weighted by Crippen LogP contribution is 2.08. The Bertz CT molecular complexity index is 272. The molecule has 0 amide bonds. The van der Waals surface area contributed by atoms with Crippen molar-refractivity contribution in [2.45, 2.75) is 6.04 Å². The third-order valence-electron chi connectivity index (χ3n) is 1.71. The largest absolute Gasteiger partial charge is 0.328 e. The van der Waals surface area contributed by atoms with E-state index in [1.165, 1.54) is 0 Å². The lowest BCUT2D eigenvalue weighted by Gasteiger charge is -2.09. The summed E-state index contributed by atoms with van der Waals surface area (Å²) >= 11 is 0. The number of rotatable bonds is 4. The average molecular weight is 174 g/mol. The summed E-state index contributed by atoms with van der Waals surface area (Å²) in [7, 11) is 0. The molecule has 0 aliphatic carbocycles. The molecule has 68 valence electrons. The lowest BCUT2D eigenvalue weighted by Crippen LogP contribution is -2.31. The summed E-state index contributed by atoms with van der Waals surface area (Å²) in [4.78, 5) is 0.